The molecule has 146 valence electrons. The van der Waals surface area contributed by atoms with Crippen molar-refractivity contribution in [1.29, 1.82) is 0 Å². The van der Waals surface area contributed by atoms with E-state index in [9.17, 15) is 10.2 Å². The zero-order valence-electron chi connectivity index (χ0n) is 15.9. The fraction of sp³-hybridized carbons (Fsp3) is 0.273. The standard InChI is InChI=1S/C22H24N2O4/c1-15(25)13-27-21-11-20(18-5-9-24-10-6-18)22(28-14-16(2)26)12-19(21)17-3-7-23-8-4-17/h3-12,15-16,25-26H,13-14H2,1-2H3/t15-,16-/m1/s1. The van der Waals surface area contributed by atoms with Crippen molar-refractivity contribution in [2.45, 2.75) is 26.1 Å². The van der Waals surface area contributed by atoms with Crippen molar-refractivity contribution in [3.63, 3.8) is 0 Å². The predicted octanol–water partition coefficient (Wildman–Crippen LogP) is 3.33. The van der Waals surface area contributed by atoms with Gasteiger partial charge in [0.2, 0.25) is 0 Å². The molecule has 2 N–H and O–H groups in total. The van der Waals surface area contributed by atoms with E-state index < -0.39 is 12.2 Å². The molecular formula is C22H24N2O4. The number of hydrogen-bond acceptors (Lipinski definition) is 6. The molecule has 0 saturated carbocycles. The van der Waals surface area contributed by atoms with Gasteiger partial charge in [-0.1, -0.05) is 0 Å². The van der Waals surface area contributed by atoms with Crippen molar-refractivity contribution in [1.82, 2.24) is 9.97 Å². The van der Waals surface area contributed by atoms with Crippen molar-refractivity contribution in [3.8, 4) is 33.8 Å². The van der Waals surface area contributed by atoms with Gasteiger partial charge < -0.3 is 19.7 Å². The largest absolute Gasteiger partial charge is 0.490 e. The fourth-order valence-electron chi connectivity index (χ4n) is 2.73. The number of aromatic nitrogens is 2. The van der Waals surface area contributed by atoms with Crippen LogP contribution in [0, 0.1) is 0 Å². The number of pyridine rings is 2. The molecule has 6 nitrogen and oxygen atoms in total. The first-order valence-corrected chi connectivity index (χ1v) is 9.15. The maximum atomic E-state index is 9.67. The zero-order valence-corrected chi connectivity index (χ0v) is 15.9. The summed E-state index contributed by atoms with van der Waals surface area (Å²) in [7, 11) is 0. The van der Waals surface area contributed by atoms with Gasteiger partial charge in [-0.3, -0.25) is 9.97 Å². The van der Waals surface area contributed by atoms with Crippen LogP contribution in [0.25, 0.3) is 22.3 Å². The number of rotatable bonds is 8. The Bertz CT molecular complexity index is 809. The molecule has 2 aromatic heterocycles. The van der Waals surface area contributed by atoms with Crippen LogP contribution in [0.4, 0.5) is 0 Å². The van der Waals surface area contributed by atoms with E-state index in [0.29, 0.717) is 11.5 Å². The number of hydrogen-bond donors (Lipinski definition) is 2. The molecule has 3 aromatic rings. The van der Waals surface area contributed by atoms with E-state index in [2.05, 4.69) is 9.97 Å². The SMILES string of the molecule is C[C@@H](O)COc1cc(-c2ccncc2)c(OC[C@@H](C)O)cc1-c1ccncc1. The molecule has 2 atom stereocenters. The molecule has 3 rings (SSSR count). The minimum atomic E-state index is -0.596. The average molecular weight is 380 g/mol. The van der Waals surface area contributed by atoms with Gasteiger partial charge in [-0.05, 0) is 61.4 Å². The number of benzene rings is 1. The summed E-state index contributed by atoms with van der Waals surface area (Å²) in [6, 6.07) is 11.3. The summed E-state index contributed by atoms with van der Waals surface area (Å²) in [5, 5.41) is 19.3. The second-order valence-electron chi connectivity index (χ2n) is 6.64. The number of ether oxygens (including phenoxy) is 2. The van der Waals surface area contributed by atoms with Crippen LogP contribution < -0.4 is 9.47 Å². The van der Waals surface area contributed by atoms with Gasteiger partial charge in [0.05, 0.1) is 12.2 Å². The summed E-state index contributed by atoms with van der Waals surface area (Å²) in [6.45, 7) is 3.69. The van der Waals surface area contributed by atoms with Crippen LogP contribution in [0.3, 0.4) is 0 Å². The predicted molar refractivity (Wildman–Crippen MR) is 107 cm³/mol. The van der Waals surface area contributed by atoms with E-state index in [-0.39, 0.29) is 13.2 Å². The summed E-state index contributed by atoms with van der Waals surface area (Å²) in [6.07, 6.45) is 5.64. The highest BCUT2D eigenvalue weighted by Gasteiger charge is 2.16. The first kappa shape index (κ1) is 19.8. The molecule has 0 aliphatic rings. The van der Waals surface area contributed by atoms with E-state index in [1.54, 1.807) is 38.6 Å². The second-order valence-corrected chi connectivity index (χ2v) is 6.64. The Labute approximate surface area is 164 Å². The Morgan fingerprint density at radius 1 is 0.714 bits per heavy atom. The van der Waals surface area contributed by atoms with Crippen LogP contribution in [-0.2, 0) is 0 Å². The highest BCUT2D eigenvalue weighted by Crippen LogP contribution is 2.41. The lowest BCUT2D eigenvalue weighted by Crippen LogP contribution is -2.14. The number of aliphatic hydroxyl groups excluding tert-OH is 2. The van der Waals surface area contributed by atoms with Crippen molar-refractivity contribution in [2.24, 2.45) is 0 Å². The molecule has 0 unspecified atom stereocenters. The van der Waals surface area contributed by atoms with E-state index in [1.165, 1.54) is 0 Å². The third-order valence-electron chi connectivity index (χ3n) is 4.02. The molecule has 0 fully saturated rings. The summed E-state index contributed by atoms with van der Waals surface area (Å²) >= 11 is 0. The normalized spacial score (nSPS) is 13.0. The summed E-state index contributed by atoms with van der Waals surface area (Å²) < 4.78 is 11.8. The van der Waals surface area contributed by atoms with Crippen LogP contribution in [0.1, 0.15) is 13.8 Å². The Balaban J connectivity index is 2.13. The Kier molecular flexibility index (Phi) is 6.57. The highest BCUT2D eigenvalue weighted by atomic mass is 16.5. The van der Waals surface area contributed by atoms with Gasteiger partial charge in [-0.15, -0.1) is 0 Å². The Morgan fingerprint density at radius 3 is 1.39 bits per heavy atom. The third-order valence-corrected chi connectivity index (χ3v) is 4.02. The lowest BCUT2D eigenvalue weighted by atomic mass is 9.99. The van der Waals surface area contributed by atoms with Gasteiger partial charge in [0.25, 0.3) is 0 Å². The van der Waals surface area contributed by atoms with Gasteiger partial charge >= 0.3 is 0 Å². The summed E-state index contributed by atoms with van der Waals surface area (Å²) in [5.41, 5.74) is 3.47. The van der Waals surface area contributed by atoms with Gasteiger partial charge in [-0.25, -0.2) is 0 Å². The maximum Gasteiger partial charge on any atom is 0.128 e. The summed E-state index contributed by atoms with van der Waals surface area (Å²) in [4.78, 5) is 8.14. The highest BCUT2D eigenvalue weighted by molar-refractivity contribution is 5.81. The molecule has 0 radical (unpaired) electrons. The van der Waals surface area contributed by atoms with Crippen molar-refractivity contribution >= 4 is 0 Å². The van der Waals surface area contributed by atoms with E-state index >= 15 is 0 Å². The summed E-state index contributed by atoms with van der Waals surface area (Å²) in [5.74, 6) is 1.26. The van der Waals surface area contributed by atoms with Gasteiger partial charge in [0.15, 0.2) is 0 Å². The van der Waals surface area contributed by atoms with E-state index in [1.807, 2.05) is 36.4 Å². The monoisotopic (exact) mass is 380 g/mol. The van der Waals surface area contributed by atoms with Crippen LogP contribution in [-0.4, -0.2) is 45.6 Å². The quantitative estimate of drug-likeness (QED) is 0.624. The molecule has 0 spiro atoms. The fourth-order valence-corrected chi connectivity index (χ4v) is 2.73. The second kappa shape index (κ2) is 9.30. The van der Waals surface area contributed by atoms with Gasteiger partial charge in [-0.2, -0.15) is 0 Å². The van der Waals surface area contributed by atoms with Crippen LogP contribution in [0.5, 0.6) is 11.5 Å². The molecular weight excluding hydrogens is 356 g/mol. The topological polar surface area (TPSA) is 84.7 Å². The molecule has 0 aliphatic carbocycles. The molecule has 6 heteroatoms. The Morgan fingerprint density at radius 2 is 1.07 bits per heavy atom. The minimum Gasteiger partial charge on any atom is -0.490 e. The van der Waals surface area contributed by atoms with E-state index in [0.717, 1.165) is 22.3 Å². The Hall–Kier alpha value is -2.96. The van der Waals surface area contributed by atoms with E-state index in [4.69, 9.17) is 9.47 Å². The maximum absolute atomic E-state index is 9.67. The zero-order chi connectivity index (χ0) is 19.9. The molecule has 2 heterocycles. The minimum absolute atomic E-state index is 0.168. The van der Waals surface area contributed by atoms with Crippen molar-refractivity contribution < 1.29 is 19.7 Å². The molecule has 28 heavy (non-hydrogen) atoms. The smallest absolute Gasteiger partial charge is 0.128 e. The van der Waals surface area contributed by atoms with Crippen LogP contribution >= 0.6 is 0 Å². The number of nitrogens with zero attached hydrogens (tertiary/aromatic N) is 2. The first-order chi connectivity index (χ1) is 13.5. The average Bonchev–Trinajstić information content (AvgIpc) is 2.71. The van der Waals surface area contributed by atoms with Gasteiger partial charge in [0, 0.05) is 35.9 Å². The van der Waals surface area contributed by atoms with Crippen molar-refractivity contribution in [3.05, 3.63) is 61.2 Å². The molecule has 1 aromatic carbocycles. The van der Waals surface area contributed by atoms with Crippen molar-refractivity contribution in [2.75, 3.05) is 13.2 Å². The van der Waals surface area contributed by atoms with Crippen LogP contribution in [0.15, 0.2) is 61.2 Å². The van der Waals surface area contributed by atoms with Gasteiger partial charge in [0.1, 0.15) is 24.7 Å². The third kappa shape index (κ3) is 5.06. The lowest BCUT2D eigenvalue weighted by molar-refractivity contribution is 0.121. The first-order valence-electron chi connectivity index (χ1n) is 9.15. The molecule has 0 saturated heterocycles. The molecule has 0 aliphatic heterocycles. The molecule has 0 amide bonds. The number of aliphatic hydroxyl groups is 2. The van der Waals surface area contributed by atoms with Crippen LogP contribution in [0.2, 0.25) is 0 Å². The molecule has 0 bridgehead atoms. The lowest BCUT2D eigenvalue weighted by Gasteiger charge is -2.19.